The zero-order chi connectivity index (χ0) is 17.4. The fraction of sp³-hybridized carbons (Fsp3) is 0.118. The van der Waals surface area contributed by atoms with Crippen molar-refractivity contribution in [3.05, 3.63) is 59.2 Å². The van der Waals surface area contributed by atoms with Gasteiger partial charge in [0.25, 0.3) is 5.91 Å². The van der Waals surface area contributed by atoms with Crippen LogP contribution in [0.4, 0.5) is 10.1 Å². The number of anilines is 1. The molecule has 0 aliphatic carbocycles. The second kappa shape index (κ2) is 5.77. The monoisotopic (exact) mass is 327 g/mol. The number of carboxylic acid groups (broad SMARTS) is 1. The standard InChI is InChI=1S/C17H14FN3O3/c1-9-19-14-7-10(4-6-15(14)21(9)2)16(22)20-13-8-11(17(23)24)3-5-12(13)18/h3-8H,1-2H3,(H,20,22)(H,23,24). The summed E-state index contributed by atoms with van der Waals surface area (Å²) in [6.07, 6.45) is 0. The molecule has 0 saturated carbocycles. The van der Waals surface area contributed by atoms with Crippen LogP contribution in [0.2, 0.25) is 0 Å². The predicted molar refractivity (Wildman–Crippen MR) is 86.8 cm³/mol. The minimum atomic E-state index is -1.20. The van der Waals surface area contributed by atoms with Gasteiger partial charge in [-0.05, 0) is 43.3 Å². The molecule has 0 atom stereocenters. The van der Waals surface area contributed by atoms with Crippen LogP contribution in [-0.2, 0) is 7.05 Å². The fourth-order valence-corrected chi connectivity index (χ4v) is 2.41. The number of hydrogen-bond acceptors (Lipinski definition) is 3. The molecule has 3 rings (SSSR count). The minimum absolute atomic E-state index is 0.109. The van der Waals surface area contributed by atoms with E-state index in [1.165, 1.54) is 0 Å². The quantitative estimate of drug-likeness (QED) is 0.774. The van der Waals surface area contributed by atoms with E-state index in [4.69, 9.17) is 5.11 Å². The van der Waals surface area contributed by atoms with Crippen LogP contribution < -0.4 is 5.32 Å². The van der Waals surface area contributed by atoms with Crippen molar-refractivity contribution in [2.75, 3.05) is 5.32 Å². The molecule has 6 nitrogen and oxygen atoms in total. The lowest BCUT2D eigenvalue weighted by Gasteiger charge is -2.07. The Morgan fingerprint density at radius 1 is 1.17 bits per heavy atom. The average Bonchev–Trinajstić information content (AvgIpc) is 2.83. The third-order valence-corrected chi connectivity index (χ3v) is 3.83. The number of rotatable bonds is 3. The number of benzene rings is 2. The number of amides is 1. The van der Waals surface area contributed by atoms with Crippen LogP contribution in [0.15, 0.2) is 36.4 Å². The molecular formula is C17H14FN3O3. The van der Waals surface area contributed by atoms with Gasteiger partial charge in [-0.1, -0.05) is 0 Å². The van der Waals surface area contributed by atoms with Crippen LogP contribution in [0.1, 0.15) is 26.5 Å². The normalized spacial score (nSPS) is 10.8. The first-order valence-electron chi connectivity index (χ1n) is 7.14. The second-order valence-corrected chi connectivity index (χ2v) is 5.38. The summed E-state index contributed by atoms with van der Waals surface area (Å²) in [5.74, 6) is -1.64. The van der Waals surface area contributed by atoms with E-state index in [9.17, 15) is 14.0 Å². The van der Waals surface area contributed by atoms with E-state index in [0.717, 1.165) is 29.5 Å². The van der Waals surface area contributed by atoms with Crippen LogP contribution in [0.5, 0.6) is 0 Å². The Labute approximate surface area is 136 Å². The lowest BCUT2D eigenvalue weighted by atomic mass is 10.1. The fourth-order valence-electron chi connectivity index (χ4n) is 2.41. The van der Waals surface area contributed by atoms with Gasteiger partial charge < -0.3 is 15.0 Å². The Morgan fingerprint density at radius 2 is 1.88 bits per heavy atom. The van der Waals surface area contributed by atoms with E-state index in [-0.39, 0.29) is 11.3 Å². The van der Waals surface area contributed by atoms with Crippen molar-refractivity contribution in [2.45, 2.75) is 6.92 Å². The Kier molecular flexibility index (Phi) is 3.76. The van der Waals surface area contributed by atoms with Gasteiger partial charge in [-0.15, -0.1) is 0 Å². The van der Waals surface area contributed by atoms with Gasteiger partial charge in [0.1, 0.15) is 11.6 Å². The molecule has 1 aromatic heterocycles. The van der Waals surface area contributed by atoms with Crippen molar-refractivity contribution < 1.29 is 19.1 Å². The molecule has 2 aromatic carbocycles. The van der Waals surface area contributed by atoms with Gasteiger partial charge in [-0.25, -0.2) is 14.2 Å². The molecule has 122 valence electrons. The first-order valence-corrected chi connectivity index (χ1v) is 7.14. The summed E-state index contributed by atoms with van der Waals surface area (Å²) in [5.41, 5.74) is 1.55. The smallest absolute Gasteiger partial charge is 0.335 e. The molecule has 1 amide bonds. The third-order valence-electron chi connectivity index (χ3n) is 3.83. The lowest BCUT2D eigenvalue weighted by molar-refractivity contribution is 0.0696. The summed E-state index contributed by atoms with van der Waals surface area (Å²) < 4.78 is 15.7. The molecule has 0 bridgehead atoms. The van der Waals surface area contributed by atoms with Crippen LogP contribution in [0, 0.1) is 12.7 Å². The van der Waals surface area contributed by atoms with E-state index < -0.39 is 17.7 Å². The van der Waals surface area contributed by atoms with Crippen molar-refractivity contribution in [1.82, 2.24) is 9.55 Å². The largest absolute Gasteiger partial charge is 0.478 e. The highest BCUT2D eigenvalue weighted by molar-refractivity contribution is 6.06. The number of halogens is 1. The molecule has 0 saturated heterocycles. The number of carbonyl (C=O) groups excluding carboxylic acids is 1. The van der Waals surface area contributed by atoms with Crippen molar-refractivity contribution in [3.8, 4) is 0 Å². The van der Waals surface area contributed by atoms with E-state index in [1.807, 2.05) is 18.5 Å². The summed E-state index contributed by atoms with van der Waals surface area (Å²) in [4.78, 5) is 27.6. The summed E-state index contributed by atoms with van der Waals surface area (Å²) in [6.45, 7) is 1.85. The molecule has 0 aliphatic heterocycles. The second-order valence-electron chi connectivity index (χ2n) is 5.38. The zero-order valence-electron chi connectivity index (χ0n) is 13.0. The van der Waals surface area contributed by atoms with E-state index in [0.29, 0.717) is 11.1 Å². The maximum Gasteiger partial charge on any atom is 0.335 e. The number of nitrogens with one attached hydrogen (secondary N) is 1. The molecule has 24 heavy (non-hydrogen) atoms. The maximum atomic E-state index is 13.8. The van der Waals surface area contributed by atoms with Crippen molar-refractivity contribution >= 4 is 28.6 Å². The topological polar surface area (TPSA) is 84.2 Å². The van der Waals surface area contributed by atoms with Gasteiger partial charge in [0.05, 0.1) is 22.3 Å². The Hall–Kier alpha value is -3.22. The van der Waals surface area contributed by atoms with E-state index >= 15 is 0 Å². The molecule has 0 radical (unpaired) electrons. The highest BCUT2D eigenvalue weighted by Gasteiger charge is 2.14. The summed E-state index contributed by atoms with van der Waals surface area (Å²) in [6, 6.07) is 8.20. The number of aryl methyl sites for hydroxylation is 2. The van der Waals surface area contributed by atoms with Crippen LogP contribution >= 0.6 is 0 Å². The van der Waals surface area contributed by atoms with Gasteiger partial charge in [-0.2, -0.15) is 0 Å². The third kappa shape index (κ3) is 2.71. The first-order chi connectivity index (χ1) is 11.4. The number of carboxylic acids is 1. The first kappa shape index (κ1) is 15.7. The average molecular weight is 327 g/mol. The highest BCUT2D eigenvalue weighted by Crippen LogP contribution is 2.20. The van der Waals surface area contributed by atoms with E-state index in [2.05, 4.69) is 10.3 Å². The molecule has 7 heteroatoms. The van der Waals surface area contributed by atoms with Crippen molar-refractivity contribution in [2.24, 2.45) is 7.05 Å². The van der Waals surface area contributed by atoms with Gasteiger partial charge >= 0.3 is 5.97 Å². The molecule has 1 heterocycles. The summed E-state index contributed by atoms with van der Waals surface area (Å²) in [5, 5.41) is 11.3. The molecule has 2 N–H and O–H groups in total. The SMILES string of the molecule is Cc1nc2cc(C(=O)Nc3cc(C(=O)O)ccc3F)ccc2n1C. The molecule has 0 aliphatic rings. The number of nitrogens with zero attached hydrogens (tertiary/aromatic N) is 2. The Bertz CT molecular complexity index is 979. The zero-order valence-corrected chi connectivity index (χ0v) is 13.0. The number of aromatic nitrogens is 2. The van der Waals surface area contributed by atoms with Gasteiger partial charge in [0, 0.05) is 12.6 Å². The number of aromatic carboxylic acids is 1. The molecule has 0 unspecified atom stereocenters. The lowest BCUT2D eigenvalue weighted by Crippen LogP contribution is -2.13. The predicted octanol–water partition coefficient (Wildman–Crippen LogP) is 2.97. The Balaban J connectivity index is 1.92. The van der Waals surface area contributed by atoms with Crippen molar-refractivity contribution in [3.63, 3.8) is 0 Å². The van der Waals surface area contributed by atoms with Gasteiger partial charge in [0.15, 0.2) is 0 Å². The number of hydrogen-bond donors (Lipinski definition) is 2. The molecule has 0 fully saturated rings. The Morgan fingerprint density at radius 3 is 2.58 bits per heavy atom. The maximum absolute atomic E-state index is 13.8. The number of fused-ring (bicyclic) bond motifs is 1. The van der Waals surface area contributed by atoms with Gasteiger partial charge in [-0.3, -0.25) is 4.79 Å². The van der Waals surface area contributed by atoms with E-state index in [1.54, 1.807) is 18.2 Å². The van der Waals surface area contributed by atoms with Crippen molar-refractivity contribution in [1.29, 1.82) is 0 Å². The summed E-state index contributed by atoms with van der Waals surface area (Å²) in [7, 11) is 1.87. The number of carbonyl (C=O) groups is 2. The minimum Gasteiger partial charge on any atom is -0.478 e. The molecular weight excluding hydrogens is 313 g/mol. The molecule has 3 aromatic rings. The van der Waals surface area contributed by atoms with Crippen LogP contribution in [-0.4, -0.2) is 26.5 Å². The van der Waals surface area contributed by atoms with Crippen LogP contribution in [0.3, 0.4) is 0 Å². The number of imidazole rings is 1. The van der Waals surface area contributed by atoms with Crippen LogP contribution in [0.25, 0.3) is 11.0 Å². The summed E-state index contributed by atoms with van der Waals surface area (Å²) >= 11 is 0. The molecule has 0 spiro atoms. The highest BCUT2D eigenvalue weighted by atomic mass is 19.1. The van der Waals surface area contributed by atoms with Gasteiger partial charge in [0.2, 0.25) is 0 Å².